The lowest BCUT2D eigenvalue weighted by Gasteiger charge is -2.12. The van der Waals surface area contributed by atoms with Crippen molar-refractivity contribution in [3.63, 3.8) is 0 Å². The van der Waals surface area contributed by atoms with Gasteiger partial charge in [-0.3, -0.25) is 4.79 Å². The largest absolute Gasteiger partial charge is 0.483 e. The average Bonchev–Trinajstić information content (AvgIpc) is 3.35. The second kappa shape index (κ2) is 11.1. The van der Waals surface area contributed by atoms with Gasteiger partial charge in [-0.1, -0.05) is 38.1 Å². The van der Waals surface area contributed by atoms with Crippen LogP contribution in [0.15, 0.2) is 24.3 Å². The van der Waals surface area contributed by atoms with Gasteiger partial charge in [0.15, 0.2) is 11.5 Å². The van der Waals surface area contributed by atoms with Crippen LogP contribution in [0.4, 0.5) is 0 Å². The van der Waals surface area contributed by atoms with Crippen molar-refractivity contribution in [1.29, 1.82) is 0 Å². The first-order valence-corrected chi connectivity index (χ1v) is 9.36. The number of aromatic nitrogens is 1. The minimum absolute atomic E-state index is 0.250. The zero-order valence-electron chi connectivity index (χ0n) is 16.0. The van der Waals surface area contributed by atoms with Crippen molar-refractivity contribution in [2.75, 3.05) is 13.3 Å². The molecule has 0 radical (unpaired) electrons. The van der Waals surface area contributed by atoms with Crippen LogP contribution in [-0.4, -0.2) is 29.9 Å². The van der Waals surface area contributed by atoms with Crippen molar-refractivity contribution in [2.45, 2.75) is 39.7 Å². The number of hydrogen-bond acceptors (Lipinski definition) is 4. The third-order valence-electron chi connectivity index (χ3n) is 4.26. The Kier molecular flexibility index (Phi) is 8.45. The predicted molar refractivity (Wildman–Crippen MR) is 106 cm³/mol. The van der Waals surface area contributed by atoms with Crippen LogP contribution in [0, 0.1) is 0 Å². The molecule has 2 aliphatic heterocycles. The fourth-order valence-corrected chi connectivity index (χ4v) is 3.19. The van der Waals surface area contributed by atoms with E-state index in [4.69, 9.17) is 19.4 Å². The number of ether oxygens (including phenoxy) is 2. The first-order chi connectivity index (χ1) is 13.3. The maximum Gasteiger partial charge on any atom is 0.290 e. The fourth-order valence-electron chi connectivity index (χ4n) is 3.19. The molecule has 146 valence electrons. The SMILES string of the molecule is C1=c2[nH]c3c(c2=CCC1)CCNC3.CC.O=CO.c1ccc2c(c1)OCO2. The van der Waals surface area contributed by atoms with Gasteiger partial charge >= 0.3 is 0 Å². The average molecular weight is 372 g/mol. The Hall–Kier alpha value is -2.73. The van der Waals surface area contributed by atoms with Crippen LogP contribution in [0.2, 0.25) is 0 Å². The number of benzene rings is 1. The van der Waals surface area contributed by atoms with E-state index in [1.807, 2.05) is 38.1 Å². The molecule has 1 aromatic carbocycles. The van der Waals surface area contributed by atoms with Crippen LogP contribution in [0.25, 0.3) is 12.2 Å². The minimum atomic E-state index is -0.250. The Balaban J connectivity index is 0.000000163. The molecule has 5 rings (SSSR count). The van der Waals surface area contributed by atoms with Crippen molar-refractivity contribution in [1.82, 2.24) is 10.3 Å². The van der Waals surface area contributed by atoms with Crippen LogP contribution in [0.1, 0.15) is 37.9 Å². The topological polar surface area (TPSA) is 83.6 Å². The van der Waals surface area contributed by atoms with Gasteiger partial charge in [0.05, 0.1) is 0 Å². The Morgan fingerprint density at radius 3 is 2.37 bits per heavy atom. The summed E-state index contributed by atoms with van der Waals surface area (Å²) in [5.41, 5.74) is 2.97. The van der Waals surface area contributed by atoms with E-state index in [9.17, 15) is 0 Å². The molecule has 3 N–H and O–H groups in total. The van der Waals surface area contributed by atoms with E-state index in [1.54, 1.807) is 5.56 Å². The van der Waals surface area contributed by atoms with Gasteiger partial charge in [0.2, 0.25) is 6.79 Å². The summed E-state index contributed by atoms with van der Waals surface area (Å²) in [4.78, 5) is 11.9. The summed E-state index contributed by atoms with van der Waals surface area (Å²) < 4.78 is 10.2. The Bertz CT molecular complexity index is 819. The number of rotatable bonds is 0. The first kappa shape index (κ1) is 20.6. The summed E-state index contributed by atoms with van der Waals surface area (Å²) in [6.45, 7) is 6.26. The highest BCUT2D eigenvalue weighted by Crippen LogP contribution is 2.30. The molecule has 27 heavy (non-hydrogen) atoms. The van der Waals surface area contributed by atoms with Crippen LogP contribution in [-0.2, 0) is 17.8 Å². The molecule has 0 amide bonds. The van der Waals surface area contributed by atoms with Crippen LogP contribution < -0.4 is 25.4 Å². The summed E-state index contributed by atoms with van der Waals surface area (Å²) in [6, 6.07) is 7.63. The number of hydrogen-bond donors (Lipinski definition) is 3. The van der Waals surface area contributed by atoms with Crippen molar-refractivity contribution in [3.05, 3.63) is 46.1 Å². The van der Waals surface area contributed by atoms with E-state index in [2.05, 4.69) is 22.5 Å². The summed E-state index contributed by atoms with van der Waals surface area (Å²) in [5.74, 6) is 1.69. The number of fused-ring (bicyclic) bond motifs is 4. The number of para-hydroxylation sites is 2. The van der Waals surface area contributed by atoms with Gasteiger partial charge < -0.3 is 24.9 Å². The maximum absolute atomic E-state index is 8.36. The summed E-state index contributed by atoms with van der Waals surface area (Å²) in [7, 11) is 0. The molecule has 3 heterocycles. The molecule has 6 nitrogen and oxygen atoms in total. The number of aromatic amines is 1. The van der Waals surface area contributed by atoms with E-state index in [0.29, 0.717) is 6.79 Å². The molecule has 1 aliphatic carbocycles. The molecule has 0 bridgehead atoms. The minimum Gasteiger partial charge on any atom is -0.483 e. The molecule has 6 heteroatoms. The number of carbonyl (C=O) groups is 1. The van der Waals surface area contributed by atoms with Crippen molar-refractivity contribution in [2.24, 2.45) is 0 Å². The lowest BCUT2D eigenvalue weighted by atomic mass is 10.0. The molecule has 0 unspecified atom stereocenters. The van der Waals surface area contributed by atoms with E-state index >= 15 is 0 Å². The van der Waals surface area contributed by atoms with E-state index in [1.165, 1.54) is 35.5 Å². The lowest BCUT2D eigenvalue weighted by Crippen LogP contribution is -2.29. The maximum atomic E-state index is 8.36. The molecule has 3 aliphatic rings. The third-order valence-corrected chi connectivity index (χ3v) is 4.26. The smallest absolute Gasteiger partial charge is 0.290 e. The van der Waals surface area contributed by atoms with Crippen molar-refractivity contribution < 1.29 is 19.4 Å². The molecular formula is C21H28N2O4. The quantitative estimate of drug-likeness (QED) is 0.617. The Morgan fingerprint density at radius 2 is 1.70 bits per heavy atom. The van der Waals surface area contributed by atoms with Gasteiger partial charge in [0.1, 0.15) is 0 Å². The number of carboxylic acid groups (broad SMARTS) is 1. The highest BCUT2D eigenvalue weighted by Gasteiger charge is 2.13. The molecule has 0 saturated carbocycles. The molecule has 0 saturated heterocycles. The number of H-pyrrole nitrogens is 1. The van der Waals surface area contributed by atoms with E-state index in [-0.39, 0.29) is 6.47 Å². The normalized spacial score (nSPS) is 14.7. The second-order valence-corrected chi connectivity index (χ2v) is 5.78. The summed E-state index contributed by atoms with van der Waals surface area (Å²) in [5, 5.41) is 13.1. The Morgan fingerprint density at radius 1 is 1.07 bits per heavy atom. The van der Waals surface area contributed by atoms with E-state index < -0.39 is 0 Å². The fraction of sp³-hybridized carbons (Fsp3) is 0.381. The standard InChI is InChI=1S/C11H14N2.C7H6O2.C2H6.CH2O2/c1-2-4-10-8(3-1)9-5-6-12-7-11(9)13-10;1-2-4-7-6(3-1)8-5-9-7;1-2;2-1-3/h3-4,12-13H,1-2,5-7H2;1-4H,5H2;1-2H3;1H,(H,2,3). The molecule has 0 atom stereocenters. The third kappa shape index (κ3) is 5.37. The summed E-state index contributed by atoms with van der Waals surface area (Å²) >= 11 is 0. The van der Waals surface area contributed by atoms with Crippen LogP contribution >= 0.6 is 0 Å². The zero-order chi connectivity index (χ0) is 19.5. The predicted octanol–water partition coefficient (Wildman–Crippen LogP) is 2.16. The molecule has 0 spiro atoms. The first-order valence-electron chi connectivity index (χ1n) is 9.36. The van der Waals surface area contributed by atoms with Crippen molar-refractivity contribution in [3.8, 4) is 11.5 Å². The van der Waals surface area contributed by atoms with Crippen LogP contribution in [0.3, 0.4) is 0 Å². The van der Waals surface area contributed by atoms with Gasteiger partial charge in [-0.15, -0.1) is 0 Å². The zero-order valence-corrected chi connectivity index (χ0v) is 16.0. The highest BCUT2D eigenvalue weighted by atomic mass is 16.7. The lowest BCUT2D eigenvalue weighted by molar-refractivity contribution is -0.122. The molecule has 0 fully saturated rings. The Labute approximate surface area is 159 Å². The van der Waals surface area contributed by atoms with Gasteiger partial charge in [-0.05, 0) is 48.7 Å². The molecule has 2 aromatic rings. The van der Waals surface area contributed by atoms with E-state index in [0.717, 1.165) is 24.6 Å². The molecule has 1 aromatic heterocycles. The van der Waals surface area contributed by atoms with Gasteiger partial charge in [-0.25, -0.2) is 0 Å². The van der Waals surface area contributed by atoms with Gasteiger partial charge in [0, 0.05) is 17.6 Å². The monoisotopic (exact) mass is 372 g/mol. The second-order valence-electron chi connectivity index (χ2n) is 5.78. The van der Waals surface area contributed by atoms with Gasteiger partial charge in [-0.2, -0.15) is 0 Å². The van der Waals surface area contributed by atoms with Crippen molar-refractivity contribution >= 4 is 18.6 Å². The number of nitrogens with one attached hydrogen (secondary N) is 2. The molecular weight excluding hydrogens is 344 g/mol. The van der Waals surface area contributed by atoms with Crippen LogP contribution in [0.5, 0.6) is 11.5 Å². The van der Waals surface area contributed by atoms with Gasteiger partial charge in [0.25, 0.3) is 6.47 Å². The highest BCUT2D eigenvalue weighted by molar-refractivity contribution is 5.42. The summed E-state index contributed by atoms with van der Waals surface area (Å²) in [6.07, 6.45) is 8.31.